The van der Waals surface area contributed by atoms with E-state index in [0.29, 0.717) is 24.0 Å². The third kappa shape index (κ3) is 2.39. The summed E-state index contributed by atoms with van der Waals surface area (Å²) in [4.78, 5) is 0. The van der Waals surface area contributed by atoms with Crippen LogP contribution in [0.5, 0.6) is 5.88 Å². The van der Waals surface area contributed by atoms with Crippen molar-refractivity contribution in [2.45, 2.75) is 6.61 Å². The van der Waals surface area contributed by atoms with Gasteiger partial charge < -0.3 is 9.15 Å². The second-order valence-corrected chi connectivity index (χ2v) is 5.84. The first-order valence-corrected chi connectivity index (χ1v) is 8.25. The quantitative estimate of drug-likeness (QED) is 0.491. The lowest BCUT2D eigenvalue weighted by Crippen LogP contribution is -2.03. The largest absolute Gasteiger partial charge is 0.468 e. The predicted molar refractivity (Wildman–Crippen MR) is 96.8 cm³/mol. The van der Waals surface area contributed by atoms with Gasteiger partial charge in [-0.3, -0.25) is 0 Å². The summed E-state index contributed by atoms with van der Waals surface area (Å²) in [5, 5.41) is 15.2. The van der Waals surface area contributed by atoms with Crippen molar-refractivity contribution in [3.05, 3.63) is 78.8 Å². The summed E-state index contributed by atoms with van der Waals surface area (Å²) in [7, 11) is 0. The number of hydrogen-bond acceptors (Lipinski definition) is 5. The third-order valence-electron chi connectivity index (χ3n) is 4.19. The molecule has 5 rings (SSSR count). The van der Waals surface area contributed by atoms with Crippen molar-refractivity contribution in [2.75, 3.05) is 0 Å². The highest BCUT2D eigenvalue weighted by Crippen LogP contribution is 2.29. The van der Waals surface area contributed by atoms with Crippen molar-refractivity contribution in [3.8, 4) is 17.3 Å². The molecule has 0 atom stereocenters. The number of hydrogen-bond donors (Lipinski definition) is 0. The molecule has 0 saturated heterocycles. The molecular formula is C20H14N4O2. The van der Waals surface area contributed by atoms with Gasteiger partial charge in [-0.15, -0.1) is 15.3 Å². The molecular weight excluding hydrogens is 328 g/mol. The highest BCUT2D eigenvalue weighted by molar-refractivity contribution is 5.97. The van der Waals surface area contributed by atoms with Gasteiger partial charge in [0.05, 0.1) is 6.26 Å². The van der Waals surface area contributed by atoms with Crippen LogP contribution in [0, 0.1) is 0 Å². The Morgan fingerprint density at radius 2 is 1.65 bits per heavy atom. The normalized spacial score (nSPS) is 11.2. The van der Waals surface area contributed by atoms with E-state index in [1.807, 2.05) is 66.7 Å². The maximum absolute atomic E-state index is 5.95. The Labute approximate surface area is 148 Å². The molecule has 0 aliphatic rings. The molecule has 26 heavy (non-hydrogen) atoms. The Morgan fingerprint density at radius 3 is 2.46 bits per heavy atom. The van der Waals surface area contributed by atoms with E-state index in [9.17, 15) is 0 Å². The molecule has 0 unspecified atom stereocenters. The number of furan rings is 1. The van der Waals surface area contributed by atoms with Gasteiger partial charge in [0.2, 0.25) is 5.88 Å². The van der Waals surface area contributed by atoms with Gasteiger partial charge in [0.25, 0.3) is 0 Å². The monoisotopic (exact) mass is 342 g/mol. The van der Waals surface area contributed by atoms with Crippen molar-refractivity contribution in [1.29, 1.82) is 0 Å². The van der Waals surface area contributed by atoms with E-state index >= 15 is 0 Å². The predicted octanol–water partition coefficient (Wildman–Crippen LogP) is 4.12. The number of nitrogens with zero attached hydrogens (tertiary/aromatic N) is 4. The van der Waals surface area contributed by atoms with Crippen molar-refractivity contribution in [1.82, 2.24) is 19.8 Å². The van der Waals surface area contributed by atoms with Gasteiger partial charge in [0, 0.05) is 16.3 Å². The maximum Gasteiger partial charge on any atom is 0.240 e. The van der Waals surface area contributed by atoms with E-state index in [1.165, 1.54) is 0 Å². The number of benzene rings is 2. The minimum Gasteiger partial charge on any atom is -0.468 e. The van der Waals surface area contributed by atoms with Crippen molar-refractivity contribution in [2.24, 2.45) is 0 Å². The van der Waals surface area contributed by atoms with Crippen LogP contribution in [0.2, 0.25) is 0 Å². The van der Waals surface area contributed by atoms with Crippen molar-refractivity contribution < 1.29 is 9.15 Å². The third-order valence-corrected chi connectivity index (χ3v) is 4.19. The maximum atomic E-state index is 5.95. The summed E-state index contributed by atoms with van der Waals surface area (Å²) in [6.07, 6.45) is 1.63. The molecule has 0 amide bonds. The molecule has 3 heterocycles. The average molecular weight is 342 g/mol. The van der Waals surface area contributed by atoms with Crippen LogP contribution in [-0.2, 0) is 6.61 Å². The van der Waals surface area contributed by atoms with E-state index in [-0.39, 0.29) is 0 Å². The Bertz CT molecular complexity index is 1180. The summed E-state index contributed by atoms with van der Waals surface area (Å²) in [6.45, 7) is 0.304. The van der Waals surface area contributed by atoms with Crippen LogP contribution in [-0.4, -0.2) is 19.8 Å². The Kier molecular flexibility index (Phi) is 3.38. The zero-order valence-corrected chi connectivity index (χ0v) is 13.7. The van der Waals surface area contributed by atoms with E-state index < -0.39 is 0 Å². The minimum atomic E-state index is 0.304. The minimum absolute atomic E-state index is 0.304. The van der Waals surface area contributed by atoms with Crippen molar-refractivity contribution >= 4 is 16.4 Å². The van der Waals surface area contributed by atoms with Gasteiger partial charge in [-0.25, -0.2) is 0 Å². The van der Waals surface area contributed by atoms with Gasteiger partial charge in [-0.2, -0.15) is 4.52 Å². The van der Waals surface area contributed by atoms with Crippen LogP contribution in [0.3, 0.4) is 0 Å². The van der Waals surface area contributed by atoms with E-state index in [0.717, 1.165) is 22.1 Å². The highest BCUT2D eigenvalue weighted by atomic mass is 16.5. The van der Waals surface area contributed by atoms with Crippen LogP contribution in [0.4, 0.5) is 0 Å². The van der Waals surface area contributed by atoms with Gasteiger partial charge in [-0.05, 0) is 18.2 Å². The number of ether oxygens (including phenoxy) is 1. The molecule has 6 heteroatoms. The fraction of sp³-hybridized carbons (Fsp3) is 0.0500. The Morgan fingerprint density at radius 1 is 0.846 bits per heavy atom. The van der Waals surface area contributed by atoms with Crippen LogP contribution >= 0.6 is 0 Å². The second kappa shape index (κ2) is 6.00. The van der Waals surface area contributed by atoms with Gasteiger partial charge in [-0.1, -0.05) is 48.5 Å². The Hall–Kier alpha value is -3.67. The topological polar surface area (TPSA) is 65.5 Å². The molecule has 0 radical (unpaired) electrons. The molecule has 3 aromatic heterocycles. The first-order valence-electron chi connectivity index (χ1n) is 8.25. The molecule has 0 aliphatic carbocycles. The second-order valence-electron chi connectivity index (χ2n) is 5.84. The summed E-state index contributed by atoms with van der Waals surface area (Å²) in [6, 6.07) is 21.4. The fourth-order valence-electron chi connectivity index (χ4n) is 2.96. The summed E-state index contributed by atoms with van der Waals surface area (Å²) in [5.74, 6) is 1.93. The molecule has 2 aromatic carbocycles. The van der Waals surface area contributed by atoms with E-state index in [1.54, 1.807) is 10.8 Å². The summed E-state index contributed by atoms with van der Waals surface area (Å²) in [5.41, 5.74) is 1.64. The summed E-state index contributed by atoms with van der Waals surface area (Å²) < 4.78 is 13.0. The van der Waals surface area contributed by atoms with Crippen molar-refractivity contribution in [3.63, 3.8) is 0 Å². The fourth-order valence-corrected chi connectivity index (χ4v) is 2.96. The molecule has 0 aliphatic heterocycles. The smallest absolute Gasteiger partial charge is 0.240 e. The van der Waals surface area contributed by atoms with Gasteiger partial charge in [0.1, 0.15) is 12.4 Å². The first-order chi connectivity index (χ1) is 12.9. The molecule has 6 nitrogen and oxygen atoms in total. The van der Waals surface area contributed by atoms with E-state index in [2.05, 4.69) is 15.3 Å². The molecule has 0 saturated carbocycles. The molecule has 5 aromatic rings. The molecule has 0 N–H and O–H groups in total. The summed E-state index contributed by atoms with van der Waals surface area (Å²) >= 11 is 0. The Balaban J connectivity index is 1.69. The highest BCUT2D eigenvalue weighted by Gasteiger charge is 2.16. The molecule has 0 spiro atoms. The zero-order chi connectivity index (χ0) is 17.3. The number of fused-ring (bicyclic) bond motifs is 3. The number of aromatic nitrogens is 4. The molecule has 0 fully saturated rings. The lowest BCUT2D eigenvalue weighted by molar-refractivity contribution is 0.260. The molecule has 126 valence electrons. The van der Waals surface area contributed by atoms with Gasteiger partial charge in [0.15, 0.2) is 11.5 Å². The van der Waals surface area contributed by atoms with Crippen LogP contribution in [0.15, 0.2) is 77.4 Å². The van der Waals surface area contributed by atoms with Crippen LogP contribution < -0.4 is 4.74 Å². The van der Waals surface area contributed by atoms with Gasteiger partial charge >= 0.3 is 0 Å². The standard InChI is InChI=1S/C20H14N4O2/c1-2-7-14(8-3-1)18-21-22-19-16-10-4-5-11-17(16)20(23-24(18)19)26-13-15-9-6-12-25-15/h1-12H,13H2. The average Bonchev–Trinajstić information content (AvgIpc) is 3.36. The SMILES string of the molecule is c1ccc(-c2nnc3c4ccccc4c(OCc4ccco4)nn23)cc1. The van der Waals surface area contributed by atoms with Crippen LogP contribution in [0.25, 0.3) is 27.8 Å². The lowest BCUT2D eigenvalue weighted by atomic mass is 10.2. The zero-order valence-electron chi connectivity index (χ0n) is 13.7. The van der Waals surface area contributed by atoms with Crippen LogP contribution in [0.1, 0.15) is 5.76 Å². The first kappa shape index (κ1) is 14.7. The lowest BCUT2D eigenvalue weighted by Gasteiger charge is -2.09. The molecule has 0 bridgehead atoms. The number of rotatable bonds is 4. The van der Waals surface area contributed by atoms with E-state index in [4.69, 9.17) is 9.15 Å².